The van der Waals surface area contributed by atoms with Crippen LogP contribution in [0.5, 0.6) is 0 Å². The van der Waals surface area contributed by atoms with E-state index < -0.39 is 15.8 Å². The third-order valence-corrected chi connectivity index (χ3v) is 2.96. The minimum atomic E-state index is -3.10. The molecule has 8 heteroatoms. The molecule has 0 amide bonds. The van der Waals surface area contributed by atoms with E-state index in [0.29, 0.717) is 0 Å². The molecule has 0 aromatic carbocycles. The number of aromatic carboxylic acids is 1. The summed E-state index contributed by atoms with van der Waals surface area (Å²) in [4.78, 5) is 19.9. The number of hydrogen-bond donors (Lipinski definition) is 1. The van der Waals surface area contributed by atoms with Crippen molar-refractivity contribution in [2.45, 2.75) is 0 Å². The van der Waals surface area contributed by atoms with E-state index in [4.69, 9.17) is 5.11 Å². The summed E-state index contributed by atoms with van der Waals surface area (Å²) in [6.45, 7) is 0.164. The molecule has 0 aliphatic carbocycles. The van der Waals surface area contributed by atoms with Crippen molar-refractivity contribution in [2.24, 2.45) is 0 Å². The second kappa shape index (κ2) is 5.09. The zero-order chi connectivity index (χ0) is 13.1. The number of aromatic nitrogens is 2. The fourth-order valence-electron chi connectivity index (χ4n) is 1.17. The molecule has 1 heterocycles. The lowest BCUT2D eigenvalue weighted by molar-refractivity contribution is 0.0691. The van der Waals surface area contributed by atoms with Gasteiger partial charge in [0.15, 0.2) is 11.5 Å². The van der Waals surface area contributed by atoms with E-state index in [2.05, 4.69) is 9.97 Å². The molecule has 0 saturated carbocycles. The van der Waals surface area contributed by atoms with Gasteiger partial charge in [0, 0.05) is 32.2 Å². The molecule has 1 aromatic heterocycles. The van der Waals surface area contributed by atoms with Crippen LogP contribution in [0.25, 0.3) is 0 Å². The topological polar surface area (TPSA) is 100 Å². The molecule has 17 heavy (non-hydrogen) atoms. The Bertz CT molecular complexity index is 515. The minimum absolute atomic E-state index is 0.0703. The predicted octanol–water partition coefficient (Wildman–Crippen LogP) is -0.344. The molecule has 0 saturated heterocycles. The van der Waals surface area contributed by atoms with Crippen LogP contribution < -0.4 is 4.90 Å². The summed E-state index contributed by atoms with van der Waals surface area (Å²) in [5.41, 5.74) is -0.191. The summed E-state index contributed by atoms with van der Waals surface area (Å²) in [6, 6.07) is 0. The Morgan fingerprint density at radius 3 is 2.53 bits per heavy atom. The molecule has 0 unspecified atom stereocenters. The van der Waals surface area contributed by atoms with Crippen LogP contribution in [0.15, 0.2) is 12.4 Å². The SMILES string of the molecule is CN(CCS(C)(=O)=O)c1nccnc1C(=O)O. The van der Waals surface area contributed by atoms with Crippen LogP contribution in [0.3, 0.4) is 0 Å². The van der Waals surface area contributed by atoms with E-state index in [1.165, 1.54) is 17.3 Å². The quantitative estimate of drug-likeness (QED) is 0.771. The fourth-order valence-corrected chi connectivity index (χ4v) is 1.78. The van der Waals surface area contributed by atoms with Gasteiger partial charge in [0.2, 0.25) is 0 Å². The Kier molecular flexibility index (Phi) is 4.00. The Labute approximate surface area is 99.0 Å². The maximum Gasteiger partial charge on any atom is 0.358 e. The Balaban J connectivity index is 2.89. The molecule has 1 N–H and O–H groups in total. The number of carbonyl (C=O) groups is 1. The van der Waals surface area contributed by atoms with Gasteiger partial charge in [-0.05, 0) is 0 Å². The summed E-state index contributed by atoms with van der Waals surface area (Å²) in [6.07, 6.45) is 3.76. The zero-order valence-corrected chi connectivity index (χ0v) is 10.3. The average Bonchev–Trinajstić information content (AvgIpc) is 2.25. The molecule has 7 nitrogen and oxygen atoms in total. The highest BCUT2D eigenvalue weighted by molar-refractivity contribution is 7.90. The van der Waals surface area contributed by atoms with E-state index in [9.17, 15) is 13.2 Å². The van der Waals surface area contributed by atoms with Crippen molar-refractivity contribution in [3.8, 4) is 0 Å². The van der Waals surface area contributed by atoms with Gasteiger partial charge >= 0.3 is 5.97 Å². The number of nitrogens with zero attached hydrogens (tertiary/aromatic N) is 3. The zero-order valence-electron chi connectivity index (χ0n) is 9.49. The Morgan fingerprint density at radius 2 is 2.00 bits per heavy atom. The fraction of sp³-hybridized carbons (Fsp3) is 0.444. The molecule has 1 rings (SSSR count). The first-order valence-corrected chi connectivity index (χ1v) is 6.80. The number of rotatable bonds is 5. The molecule has 0 bridgehead atoms. The van der Waals surface area contributed by atoms with Crippen LogP contribution in [-0.4, -0.2) is 55.1 Å². The van der Waals surface area contributed by atoms with Gasteiger partial charge in [-0.25, -0.2) is 23.2 Å². The summed E-state index contributed by atoms with van der Waals surface area (Å²) in [5, 5.41) is 8.90. The molecule has 0 fully saturated rings. The Hall–Kier alpha value is -1.70. The maximum atomic E-state index is 11.0. The summed E-state index contributed by atoms with van der Waals surface area (Å²) in [5.74, 6) is -1.11. The number of carboxylic acid groups (broad SMARTS) is 1. The second-order valence-electron chi connectivity index (χ2n) is 3.59. The lowest BCUT2D eigenvalue weighted by Crippen LogP contribution is -2.27. The van der Waals surface area contributed by atoms with Gasteiger partial charge in [0.1, 0.15) is 9.84 Å². The molecule has 0 atom stereocenters. The normalized spacial score (nSPS) is 11.2. The van der Waals surface area contributed by atoms with Crippen LogP contribution in [0.1, 0.15) is 10.5 Å². The van der Waals surface area contributed by atoms with Crippen molar-refractivity contribution in [3.05, 3.63) is 18.1 Å². The van der Waals surface area contributed by atoms with E-state index in [0.717, 1.165) is 6.26 Å². The second-order valence-corrected chi connectivity index (χ2v) is 5.84. The molecule has 0 aliphatic rings. The Morgan fingerprint density at radius 1 is 1.41 bits per heavy atom. The standard InChI is InChI=1S/C9H13N3O4S/c1-12(5-6-17(2,15)16)8-7(9(13)14)10-3-4-11-8/h3-4H,5-6H2,1-2H3,(H,13,14). The van der Waals surface area contributed by atoms with Crippen molar-refractivity contribution in [1.82, 2.24) is 9.97 Å². The van der Waals surface area contributed by atoms with Gasteiger partial charge in [-0.2, -0.15) is 0 Å². The van der Waals surface area contributed by atoms with Crippen LogP contribution >= 0.6 is 0 Å². The van der Waals surface area contributed by atoms with E-state index in [1.54, 1.807) is 7.05 Å². The van der Waals surface area contributed by atoms with Crippen LogP contribution in [0, 0.1) is 0 Å². The largest absolute Gasteiger partial charge is 0.476 e. The van der Waals surface area contributed by atoms with Crippen molar-refractivity contribution in [3.63, 3.8) is 0 Å². The van der Waals surface area contributed by atoms with Gasteiger partial charge in [-0.1, -0.05) is 0 Å². The highest BCUT2D eigenvalue weighted by Crippen LogP contribution is 2.12. The van der Waals surface area contributed by atoms with Crippen LogP contribution in [0.4, 0.5) is 5.82 Å². The van der Waals surface area contributed by atoms with Gasteiger partial charge in [-0.3, -0.25) is 0 Å². The molecular formula is C9H13N3O4S. The monoisotopic (exact) mass is 259 g/mol. The number of hydrogen-bond acceptors (Lipinski definition) is 6. The number of anilines is 1. The highest BCUT2D eigenvalue weighted by atomic mass is 32.2. The van der Waals surface area contributed by atoms with E-state index >= 15 is 0 Å². The summed E-state index contributed by atoms with van der Waals surface area (Å²) in [7, 11) is -1.53. The predicted molar refractivity (Wildman–Crippen MR) is 62.0 cm³/mol. The summed E-state index contributed by atoms with van der Waals surface area (Å²) < 4.78 is 22.0. The van der Waals surface area contributed by atoms with Gasteiger partial charge in [0.05, 0.1) is 5.75 Å². The lowest BCUT2D eigenvalue weighted by Gasteiger charge is -2.18. The first-order chi connectivity index (χ1) is 7.81. The van der Waals surface area contributed by atoms with E-state index in [-0.39, 0.29) is 23.8 Å². The molecule has 1 aromatic rings. The first kappa shape index (κ1) is 13.4. The third kappa shape index (κ3) is 3.99. The molecular weight excluding hydrogens is 246 g/mol. The van der Waals surface area contributed by atoms with Gasteiger partial charge in [0.25, 0.3) is 0 Å². The number of sulfone groups is 1. The highest BCUT2D eigenvalue weighted by Gasteiger charge is 2.17. The lowest BCUT2D eigenvalue weighted by atomic mass is 10.4. The van der Waals surface area contributed by atoms with Crippen LogP contribution in [0.2, 0.25) is 0 Å². The minimum Gasteiger partial charge on any atom is -0.476 e. The van der Waals surface area contributed by atoms with Crippen molar-refractivity contribution in [1.29, 1.82) is 0 Å². The molecule has 94 valence electrons. The maximum absolute atomic E-state index is 11.0. The first-order valence-electron chi connectivity index (χ1n) is 4.74. The number of carboxylic acids is 1. The van der Waals surface area contributed by atoms with E-state index in [1.807, 2.05) is 0 Å². The van der Waals surface area contributed by atoms with Crippen LogP contribution in [-0.2, 0) is 9.84 Å². The van der Waals surface area contributed by atoms with Crippen molar-refractivity contribution < 1.29 is 18.3 Å². The molecule has 0 spiro atoms. The van der Waals surface area contributed by atoms with Crippen molar-refractivity contribution >= 4 is 21.6 Å². The molecule has 0 aliphatic heterocycles. The van der Waals surface area contributed by atoms with Crippen molar-refractivity contribution in [2.75, 3.05) is 30.5 Å². The third-order valence-electron chi connectivity index (χ3n) is 2.04. The average molecular weight is 259 g/mol. The van der Waals surface area contributed by atoms with Gasteiger partial charge < -0.3 is 10.0 Å². The summed E-state index contributed by atoms with van der Waals surface area (Å²) >= 11 is 0. The molecule has 0 radical (unpaired) electrons. The van der Waals surface area contributed by atoms with Gasteiger partial charge in [-0.15, -0.1) is 0 Å². The smallest absolute Gasteiger partial charge is 0.358 e.